The van der Waals surface area contributed by atoms with Crippen LogP contribution in [0, 0.1) is 5.92 Å². The fraction of sp³-hybridized carbons (Fsp3) is 0.280. The van der Waals surface area contributed by atoms with Gasteiger partial charge in [-0.2, -0.15) is 4.72 Å². The predicted octanol–water partition coefficient (Wildman–Crippen LogP) is 2.35. The SMILES string of the molecule is O=C(N[C@H](BO)CC1CC1)[C@H](Cc1ccccc1)NS(=O)(=O)c1ccc(Oc2ccncc2)cc1. The van der Waals surface area contributed by atoms with Gasteiger partial charge < -0.3 is 15.1 Å². The molecule has 3 N–H and O–H groups in total. The molecule has 0 saturated heterocycles. The number of hydrogen-bond donors (Lipinski definition) is 3. The van der Waals surface area contributed by atoms with E-state index in [2.05, 4.69) is 15.0 Å². The van der Waals surface area contributed by atoms with Crippen molar-refractivity contribution >= 4 is 23.4 Å². The minimum atomic E-state index is -4.01. The summed E-state index contributed by atoms with van der Waals surface area (Å²) in [5, 5.41) is 12.5. The highest BCUT2D eigenvalue weighted by Crippen LogP contribution is 2.33. The Kier molecular flexibility index (Phi) is 8.17. The molecule has 35 heavy (non-hydrogen) atoms. The fourth-order valence-corrected chi connectivity index (χ4v) is 4.95. The van der Waals surface area contributed by atoms with Gasteiger partial charge in [-0.05, 0) is 60.7 Å². The molecule has 1 saturated carbocycles. The second-order valence-corrected chi connectivity index (χ2v) is 10.4. The van der Waals surface area contributed by atoms with Crippen LogP contribution in [0.5, 0.6) is 11.5 Å². The van der Waals surface area contributed by atoms with Crippen molar-refractivity contribution in [3.05, 3.63) is 84.7 Å². The van der Waals surface area contributed by atoms with E-state index in [4.69, 9.17) is 4.74 Å². The lowest BCUT2D eigenvalue weighted by molar-refractivity contribution is -0.123. The van der Waals surface area contributed by atoms with Crippen molar-refractivity contribution in [1.82, 2.24) is 15.0 Å². The summed E-state index contributed by atoms with van der Waals surface area (Å²) >= 11 is 0. The minimum Gasteiger partial charge on any atom is -0.457 e. The van der Waals surface area contributed by atoms with E-state index in [1.807, 2.05) is 30.3 Å². The molecule has 1 heterocycles. The molecule has 0 bridgehead atoms. The van der Waals surface area contributed by atoms with Crippen LogP contribution >= 0.6 is 0 Å². The average molecular weight is 493 g/mol. The number of benzene rings is 2. The lowest BCUT2D eigenvalue weighted by Crippen LogP contribution is -2.52. The normalized spacial score (nSPS) is 15.1. The molecule has 10 heteroatoms. The summed E-state index contributed by atoms with van der Waals surface area (Å²) < 4.78 is 34.6. The summed E-state index contributed by atoms with van der Waals surface area (Å²) in [5.74, 6) is 0.694. The molecule has 1 fully saturated rings. The number of rotatable bonds is 12. The predicted molar refractivity (Wildman–Crippen MR) is 134 cm³/mol. The first kappa shape index (κ1) is 24.9. The van der Waals surface area contributed by atoms with Crippen LogP contribution in [-0.4, -0.2) is 43.8 Å². The second kappa shape index (κ2) is 11.5. The maximum atomic E-state index is 13.2. The van der Waals surface area contributed by atoms with Gasteiger partial charge in [0.25, 0.3) is 7.48 Å². The number of amides is 1. The second-order valence-electron chi connectivity index (χ2n) is 8.69. The molecule has 0 unspecified atom stereocenters. The monoisotopic (exact) mass is 493 g/mol. The molecule has 2 aromatic carbocycles. The van der Waals surface area contributed by atoms with Gasteiger partial charge in [0.15, 0.2) is 0 Å². The third-order valence-electron chi connectivity index (χ3n) is 5.80. The van der Waals surface area contributed by atoms with Gasteiger partial charge in [0.2, 0.25) is 15.9 Å². The number of nitrogens with zero attached hydrogens (tertiary/aromatic N) is 1. The van der Waals surface area contributed by atoms with Crippen LogP contribution in [0.3, 0.4) is 0 Å². The molecule has 4 rings (SSSR count). The quantitative estimate of drug-likeness (QED) is 0.334. The molecule has 1 amide bonds. The smallest absolute Gasteiger partial charge is 0.293 e. The molecule has 0 radical (unpaired) electrons. The Bertz CT molecular complexity index is 1210. The largest absolute Gasteiger partial charge is 0.457 e. The molecule has 2 atom stereocenters. The number of carbonyl (C=O) groups excluding carboxylic acids is 1. The molecule has 1 aliphatic carbocycles. The Morgan fingerprint density at radius 3 is 2.31 bits per heavy atom. The van der Waals surface area contributed by atoms with E-state index in [9.17, 15) is 18.2 Å². The van der Waals surface area contributed by atoms with Crippen molar-refractivity contribution in [2.45, 2.75) is 42.6 Å². The molecule has 182 valence electrons. The zero-order chi connectivity index (χ0) is 24.7. The molecule has 0 aliphatic heterocycles. The van der Waals surface area contributed by atoms with Crippen molar-refractivity contribution < 1.29 is 23.0 Å². The summed E-state index contributed by atoms with van der Waals surface area (Å²) in [7, 11) is -4.19. The Labute approximate surface area is 206 Å². The van der Waals surface area contributed by atoms with E-state index in [0.717, 1.165) is 18.4 Å². The summed E-state index contributed by atoms with van der Waals surface area (Å²) in [6.45, 7) is 0. The maximum Gasteiger partial charge on any atom is 0.293 e. The van der Waals surface area contributed by atoms with Crippen LogP contribution in [0.4, 0.5) is 0 Å². The summed E-state index contributed by atoms with van der Waals surface area (Å²) in [4.78, 5) is 17.1. The molecule has 1 aromatic heterocycles. The van der Waals surface area contributed by atoms with Crippen molar-refractivity contribution in [3.63, 3.8) is 0 Å². The minimum absolute atomic E-state index is 0.0159. The lowest BCUT2D eigenvalue weighted by atomic mass is 9.84. The molecule has 8 nitrogen and oxygen atoms in total. The number of hydrogen-bond acceptors (Lipinski definition) is 6. The van der Waals surface area contributed by atoms with E-state index in [1.165, 1.54) is 12.1 Å². The van der Waals surface area contributed by atoms with Crippen molar-refractivity contribution in [2.75, 3.05) is 0 Å². The maximum absolute atomic E-state index is 13.2. The first-order valence-corrected chi connectivity index (χ1v) is 13.1. The highest BCUT2D eigenvalue weighted by molar-refractivity contribution is 7.89. The van der Waals surface area contributed by atoms with Crippen molar-refractivity contribution in [2.24, 2.45) is 5.92 Å². The van der Waals surface area contributed by atoms with Crippen LogP contribution < -0.4 is 14.8 Å². The number of carbonyl (C=O) groups is 1. The van der Waals surface area contributed by atoms with Crippen molar-refractivity contribution in [3.8, 4) is 11.5 Å². The Morgan fingerprint density at radius 1 is 1.03 bits per heavy atom. The molecular weight excluding hydrogens is 465 g/mol. The topological polar surface area (TPSA) is 118 Å². The van der Waals surface area contributed by atoms with Crippen molar-refractivity contribution in [1.29, 1.82) is 0 Å². The highest BCUT2D eigenvalue weighted by atomic mass is 32.2. The number of nitrogens with one attached hydrogen (secondary N) is 2. The summed E-state index contributed by atoms with van der Waals surface area (Å²) in [6.07, 6.45) is 6.24. The standard InChI is InChI=1S/C25H28BN3O5S/c30-25(28-24(26-31)17-19-6-7-19)23(16-18-4-2-1-3-5-18)29-35(32,33)22-10-8-20(9-11-22)34-21-12-14-27-15-13-21/h1-5,8-15,19,23-24,26,29,31H,6-7,16-17H2,(H,28,30)/t23-,24-/m0/s1. The first-order valence-electron chi connectivity index (χ1n) is 11.6. The fourth-order valence-electron chi connectivity index (χ4n) is 3.76. The third kappa shape index (κ3) is 7.39. The van der Waals surface area contributed by atoms with Crippen LogP contribution in [-0.2, 0) is 21.2 Å². The van der Waals surface area contributed by atoms with Crippen LogP contribution in [0.15, 0.2) is 84.0 Å². The van der Waals surface area contributed by atoms with Gasteiger partial charge in [-0.25, -0.2) is 8.42 Å². The Morgan fingerprint density at radius 2 is 1.69 bits per heavy atom. The number of sulfonamides is 1. The van der Waals surface area contributed by atoms with Crippen LogP contribution in [0.1, 0.15) is 24.8 Å². The average Bonchev–Trinajstić information content (AvgIpc) is 3.69. The van der Waals surface area contributed by atoms with Gasteiger partial charge in [-0.1, -0.05) is 43.2 Å². The Balaban J connectivity index is 1.48. The van der Waals surface area contributed by atoms with E-state index in [1.54, 1.807) is 36.7 Å². The van der Waals surface area contributed by atoms with E-state index < -0.39 is 27.9 Å². The van der Waals surface area contributed by atoms with Gasteiger partial charge in [0.05, 0.1) is 4.90 Å². The zero-order valence-electron chi connectivity index (χ0n) is 19.2. The van der Waals surface area contributed by atoms with Gasteiger partial charge in [0.1, 0.15) is 17.5 Å². The first-order chi connectivity index (χ1) is 16.9. The van der Waals surface area contributed by atoms with Gasteiger partial charge in [-0.3, -0.25) is 9.78 Å². The van der Waals surface area contributed by atoms with Gasteiger partial charge in [0, 0.05) is 18.3 Å². The molecule has 1 aliphatic rings. The number of pyridine rings is 1. The van der Waals surface area contributed by atoms with Crippen LogP contribution in [0.25, 0.3) is 0 Å². The number of aromatic nitrogens is 1. The zero-order valence-corrected chi connectivity index (χ0v) is 20.0. The summed E-state index contributed by atoms with van der Waals surface area (Å²) in [6, 6.07) is 17.5. The molecule has 0 spiro atoms. The highest BCUT2D eigenvalue weighted by Gasteiger charge is 2.30. The van der Waals surface area contributed by atoms with E-state index in [-0.39, 0.29) is 18.8 Å². The van der Waals surface area contributed by atoms with Gasteiger partial charge >= 0.3 is 0 Å². The Hall–Kier alpha value is -3.21. The van der Waals surface area contributed by atoms with Gasteiger partial charge in [-0.15, -0.1) is 0 Å². The van der Waals surface area contributed by atoms with E-state index >= 15 is 0 Å². The number of ether oxygens (including phenoxy) is 1. The molecule has 3 aromatic rings. The summed E-state index contributed by atoms with van der Waals surface area (Å²) in [5.41, 5.74) is 0.819. The van der Waals surface area contributed by atoms with Crippen LogP contribution in [0.2, 0.25) is 0 Å². The molecular formula is C25H28BN3O5S. The lowest BCUT2D eigenvalue weighted by Gasteiger charge is -2.22. The third-order valence-corrected chi connectivity index (χ3v) is 7.29. The van der Waals surface area contributed by atoms with E-state index in [0.29, 0.717) is 23.8 Å².